The number of nitrogens with one attached hydrogen (secondary N) is 4. The van der Waals surface area contributed by atoms with Crippen LogP contribution in [0.15, 0.2) is 54.6 Å². The number of carboxylic acids is 2. The van der Waals surface area contributed by atoms with Crippen LogP contribution >= 0.6 is 20.5 Å². The van der Waals surface area contributed by atoms with Gasteiger partial charge in [-0.15, -0.1) is 0 Å². The van der Waals surface area contributed by atoms with E-state index in [9.17, 15) is 72.5 Å². The van der Waals surface area contributed by atoms with Crippen LogP contribution in [0.3, 0.4) is 0 Å². The molecule has 0 saturated carbocycles. The molecule has 0 bridgehead atoms. The molecule has 0 aromatic heterocycles. The van der Waals surface area contributed by atoms with Gasteiger partial charge in [-0.3, -0.25) is 52.9 Å². The smallest absolute Gasteiger partial charge is 0.481 e. The summed E-state index contributed by atoms with van der Waals surface area (Å²) in [7, 11) is -4.87. The van der Waals surface area contributed by atoms with Gasteiger partial charge in [-0.25, -0.2) is 9.36 Å². The van der Waals surface area contributed by atoms with Crippen molar-refractivity contribution in [1.29, 1.82) is 0 Å². The van der Waals surface area contributed by atoms with Crippen LogP contribution < -0.4 is 48.7 Å². The second kappa shape index (κ2) is 38.8. The minimum Gasteiger partial charge on any atom is -0.481 e. The van der Waals surface area contributed by atoms with Crippen LogP contribution in [-0.2, 0) is 65.4 Å². The highest BCUT2D eigenvalue weighted by molar-refractivity contribution is 7.80. The van der Waals surface area contributed by atoms with Gasteiger partial charge in [0, 0.05) is 61.5 Å². The van der Waals surface area contributed by atoms with Crippen molar-refractivity contribution in [3.63, 3.8) is 0 Å². The van der Waals surface area contributed by atoms with Gasteiger partial charge in [0.1, 0.15) is 11.8 Å². The molecule has 458 valence electrons. The van der Waals surface area contributed by atoms with Crippen LogP contribution in [0.4, 0.5) is 0 Å². The molecule has 2 aromatic rings. The van der Waals surface area contributed by atoms with Gasteiger partial charge in [-0.05, 0) is 113 Å². The summed E-state index contributed by atoms with van der Waals surface area (Å²) in [6.45, 7) is 3.86. The molecule has 0 spiro atoms. The van der Waals surface area contributed by atoms with Crippen molar-refractivity contribution in [2.75, 3.05) is 31.9 Å². The summed E-state index contributed by atoms with van der Waals surface area (Å²) in [5.41, 5.74) is 24.6. The van der Waals surface area contributed by atoms with Gasteiger partial charge in [-0.1, -0.05) is 75.6 Å². The molecule has 2 aromatic carbocycles. The topological polar surface area (TPSA) is 430 Å². The minimum atomic E-state index is -4.87. The molecule has 0 aliphatic carbocycles. The van der Waals surface area contributed by atoms with E-state index in [1.165, 1.54) is 24.3 Å². The number of Topliss-reactive ketones (excluding diaryl/α,β-unsaturated/α-hetero) is 4. The van der Waals surface area contributed by atoms with Gasteiger partial charge in [-0.2, -0.15) is 12.6 Å². The largest absolute Gasteiger partial charge is 0.524 e. The summed E-state index contributed by atoms with van der Waals surface area (Å²) >= 11 is 4.03. The first-order valence-corrected chi connectivity index (χ1v) is 30.1. The number of ketones is 4. The second-order valence-corrected chi connectivity index (χ2v) is 22.3. The third kappa shape index (κ3) is 28.4. The number of phosphoric ester groups is 1. The quantitative estimate of drug-likeness (QED) is 0.0257. The first-order chi connectivity index (χ1) is 38.9. The Balaban J connectivity index is 2.45. The zero-order valence-electron chi connectivity index (χ0n) is 47.0. The Morgan fingerprint density at radius 1 is 0.585 bits per heavy atom. The number of carboxylic acid groups (broad SMARTS) is 2. The normalized spacial score (nSPS) is 14.7. The number of carbonyl (C=O) groups is 10. The van der Waals surface area contributed by atoms with E-state index in [4.69, 9.17) is 22.9 Å². The van der Waals surface area contributed by atoms with E-state index >= 15 is 0 Å². The highest BCUT2D eigenvalue weighted by Gasteiger charge is 2.35. The molecule has 26 heteroatoms. The zero-order valence-corrected chi connectivity index (χ0v) is 48.8. The van der Waals surface area contributed by atoms with E-state index in [0.717, 1.165) is 0 Å². The zero-order chi connectivity index (χ0) is 61.4. The number of amides is 4. The van der Waals surface area contributed by atoms with E-state index in [-0.39, 0.29) is 81.9 Å². The maximum Gasteiger partial charge on any atom is 0.524 e. The lowest BCUT2D eigenvalue weighted by Crippen LogP contribution is -2.49. The summed E-state index contributed by atoms with van der Waals surface area (Å²) in [6, 6.07) is 9.35. The first kappa shape index (κ1) is 72.2. The number of rotatable bonds is 45. The van der Waals surface area contributed by atoms with E-state index in [0.29, 0.717) is 62.6 Å². The molecule has 0 radical (unpaired) electrons. The molecular formula is C56H87N8O16PS. The Hall–Kier alpha value is -5.92. The number of benzene rings is 2. The lowest BCUT2D eigenvalue weighted by atomic mass is 9.87. The molecule has 0 fully saturated rings. The van der Waals surface area contributed by atoms with Crippen molar-refractivity contribution in [2.45, 2.75) is 154 Å². The van der Waals surface area contributed by atoms with Gasteiger partial charge in [0.15, 0.2) is 23.1 Å². The monoisotopic (exact) mass is 1190 g/mol. The molecule has 0 aliphatic rings. The molecule has 0 unspecified atom stereocenters. The Bertz CT molecular complexity index is 2430. The number of hydrogen-bond acceptors (Lipinski definition) is 17. The summed E-state index contributed by atoms with van der Waals surface area (Å²) in [4.78, 5) is 154. The average Bonchev–Trinajstić information content (AvgIpc) is 3.45. The molecule has 0 heterocycles. The Morgan fingerprint density at radius 3 is 1.55 bits per heavy atom. The third-order valence-electron chi connectivity index (χ3n) is 14.2. The van der Waals surface area contributed by atoms with E-state index in [2.05, 4.69) is 38.4 Å². The van der Waals surface area contributed by atoms with Crippen molar-refractivity contribution in [3.8, 4) is 5.75 Å². The SMILES string of the molecule is CC[C@H](C)[C@H](N)C(=O)C[C@@H](Cc1ccc(OP(=O)(O)O)cc1)C(=O)NCC(=O)C[C@@H](CCC(=O)O)C(=O)N[C@@H](Cc1ccccc1)C(=O)C[C@@H](CCCCN)C(=O)N[C@@H](CCCCN)C(=O)C[C@@H](CCCCN)C(=O)N[C@@H](CS)C(=O)O. The van der Waals surface area contributed by atoms with Crippen molar-refractivity contribution >= 4 is 79.2 Å². The van der Waals surface area contributed by atoms with Crippen molar-refractivity contribution in [2.24, 2.45) is 52.5 Å². The van der Waals surface area contributed by atoms with Gasteiger partial charge < -0.3 is 58.9 Å². The summed E-state index contributed by atoms with van der Waals surface area (Å²) in [5, 5.41) is 29.8. The maximum absolute atomic E-state index is 14.6. The van der Waals surface area contributed by atoms with Crippen molar-refractivity contribution in [3.05, 3.63) is 65.7 Å². The van der Waals surface area contributed by atoms with Crippen LogP contribution in [0.1, 0.15) is 128 Å². The molecule has 16 N–H and O–H groups in total. The highest BCUT2D eigenvalue weighted by Crippen LogP contribution is 2.37. The fraction of sp³-hybridized carbons (Fsp3) is 0.607. The average molecular weight is 1190 g/mol. The first-order valence-electron chi connectivity index (χ1n) is 27.9. The number of hydrogen-bond donors (Lipinski definition) is 13. The lowest BCUT2D eigenvalue weighted by molar-refractivity contribution is -0.142. The molecule has 4 amide bonds. The van der Waals surface area contributed by atoms with E-state index < -0.39 is 140 Å². The molecule has 24 nitrogen and oxygen atoms in total. The summed E-state index contributed by atoms with van der Waals surface area (Å²) in [5.74, 6) is -12.7. The van der Waals surface area contributed by atoms with Crippen LogP contribution in [0.2, 0.25) is 0 Å². The molecule has 9 atom stereocenters. The van der Waals surface area contributed by atoms with Gasteiger partial charge in [0.2, 0.25) is 23.6 Å². The Kier molecular flexibility index (Phi) is 34.1. The van der Waals surface area contributed by atoms with E-state index in [1.807, 2.05) is 6.92 Å². The summed E-state index contributed by atoms with van der Waals surface area (Å²) in [6.07, 6.45) is 1.04. The number of thiol groups is 1. The standard InChI is InChI=1S/C56H87N8O16PS/c1-3-35(2)51(60)49(68)32-41(27-37-18-21-43(22-19-37)80-81(77,78)79)52(71)61-33-42(65)29-40(20-23-50(69)70)55(74)63-45(28-36-13-5-4-6-14-36)48(67)31-39(16-8-11-25-58)53(72)62-44(17-9-12-26-59)47(66)30-38(15-7-10-24-57)54(73)64-46(34-82)56(75)76/h4-6,13-14,18-19,21-22,35,38-41,44-46,51,82H,3,7-12,15-17,20,23-34,57-60H2,1-2H3,(H,61,71)(H,62,72)(H,63,74)(H,64,73)(H,69,70)(H,75,76)(H2,77,78,79)/t35-,38+,39+,40+,41+,44-,45-,46-,51-/m0/s1. The minimum absolute atomic E-state index is 0.0652. The lowest BCUT2D eigenvalue weighted by Gasteiger charge is -2.26. The molecular weight excluding hydrogens is 1100 g/mol. The number of phosphoric acid groups is 1. The fourth-order valence-electron chi connectivity index (χ4n) is 9.06. The predicted octanol–water partition coefficient (Wildman–Crippen LogP) is 2.46. The molecule has 0 aliphatic heterocycles. The molecule has 82 heavy (non-hydrogen) atoms. The van der Waals surface area contributed by atoms with Crippen molar-refractivity contribution in [1.82, 2.24) is 21.3 Å². The van der Waals surface area contributed by atoms with Crippen LogP contribution in [0, 0.1) is 29.6 Å². The summed E-state index contributed by atoms with van der Waals surface area (Å²) < 4.78 is 16.0. The van der Waals surface area contributed by atoms with Crippen LogP contribution in [0.25, 0.3) is 0 Å². The number of aliphatic carboxylic acids is 2. The van der Waals surface area contributed by atoms with Crippen LogP contribution in [-0.4, -0.2) is 135 Å². The highest BCUT2D eigenvalue weighted by atomic mass is 32.1. The van der Waals surface area contributed by atoms with Crippen molar-refractivity contribution < 1.29 is 77.0 Å². The van der Waals surface area contributed by atoms with Gasteiger partial charge >= 0.3 is 19.8 Å². The number of nitrogens with two attached hydrogens (primary N) is 4. The number of unbranched alkanes of at least 4 members (excludes halogenated alkanes) is 3. The Morgan fingerprint density at radius 2 is 1.06 bits per heavy atom. The molecule has 2 rings (SSSR count). The van der Waals surface area contributed by atoms with E-state index in [1.54, 1.807) is 37.3 Å². The number of carbonyl (C=O) groups excluding carboxylic acids is 8. The van der Waals surface area contributed by atoms with Gasteiger partial charge in [0.25, 0.3) is 0 Å². The predicted molar refractivity (Wildman–Crippen MR) is 309 cm³/mol. The third-order valence-corrected chi connectivity index (χ3v) is 15.0. The maximum atomic E-state index is 14.6. The van der Waals surface area contributed by atoms with Crippen LogP contribution in [0.5, 0.6) is 5.75 Å². The second-order valence-electron chi connectivity index (χ2n) is 20.8. The fourth-order valence-corrected chi connectivity index (χ4v) is 9.71. The Labute approximate surface area is 485 Å². The molecule has 0 saturated heterocycles. The van der Waals surface area contributed by atoms with Gasteiger partial charge in [0.05, 0.1) is 24.7 Å².